The van der Waals surface area contributed by atoms with E-state index < -0.39 is 0 Å². The summed E-state index contributed by atoms with van der Waals surface area (Å²) in [4.78, 5) is 11.8. The molecule has 6 nitrogen and oxygen atoms in total. The highest BCUT2D eigenvalue weighted by Gasteiger charge is 2.05. The molecule has 0 aliphatic rings. The Morgan fingerprint density at radius 2 is 2.05 bits per heavy atom. The largest absolute Gasteiger partial charge is 0.348 e. The van der Waals surface area contributed by atoms with Gasteiger partial charge in [-0.2, -0.15) is 10.2 Å². The lowest BCUT2D eigenvalue weighted by Crippen LogP contribution is -2.20. The fraction of sp³-hybridized carbons (Fsp3) is 0.400. The number of hydrogen-bond acceptors (Lipinski definition) is 3. The molecule has 2 aromatic heterocycles. The molecule has 1 amide bonds. The quantitative estimate of drug-likeness (QED) is 0.849. The smallest absolute Gasteiger partial charge is 0.244 e. The summed E-state index contributed by atoms with van der Waals surface area (Å²) in [6.07, 6.45) is 6.87. The summed E-state index contributed by atoms with van der Waals surface area (Å²) in [7, 11) is 1.88. The Hall–Kier alpha value is -2.37. The van der Waals surface area contributed by atoms with Crippen molar-refractivity contribution in [2.75, 3.05) is 0 Å². The van der Waals surface area contributed by atoms with Gasteiger partial charge in [-0.15, -0.1) is 0 Å². The van der Waals surface area contributed by atoms with Crippen molar-refractivity contribution in [3.05, 3.63) is 41.0 Å². The van der Waals surface area contributed by atoms with E-state index >= 15 is 0 Å². The van der Waals surface area contributed by atoms with Gasteiger partial charge in [0.1, 0.15) is 0 Å². The predicted molar refractivity (Wildman–Crippen MR) is 81.5 cm³/mol. The number of carbonyl (C=O) groups is 1. The normalized spacial score (nSPS) is 11.2. The molecule has 0 saturated carbocycles. The molecule has 0 fully saturated rings. The van der Waals surface area contributed by atoms with E-state index in [0.29, 0.717) is 6.54 Å². The van der Waals surface area contributed by atoms with E-state index in [4.69, 9.17) is 0 Å². The highest BCUT2D eigenvalue weighted by atomic mass is 16.1. The first-order valence-electron chi connectivity index (χ1n) is 6.98. The maximum atomic E-state index is 11.8. The van der Waals surface area contributed by atoms with Gasteiger partial charge in [0.25, 0.3) is 0 Å². The second-order valence-corrected chi connectivity index (χ2v) is 4.93. The summed E-state index contributed by atoms with van der Waals surface area (Å²) in [5.41, 5.74) is 4.10. The Morgan fingerprint density at radius 3 is 2.62 bits per heavy atom. The van der Waals surface area contributed by atoms with Gasteiger partial charge < -0.3 is 5.32 Å². The second-order valence-electron chi connectivity index (χ2n) is 4.93. The molecule has 2 heterocycles. The molecule has 2 aromatic rings. The molecule has 0 radical (unpaired) electrons. The Bertz CT molecular complexity index is 666. The van der Waals surface area contributed by atoms with Crippen LogP contribution in [0.5, 0.6) is 0 Å². The molecule has 2 rings (SSSR count). The monoisotopic (exact) mass is 287 g/mol. The van der Waals surface area contributed by atoms with Gasteiger partial charge in [-0.1, -0.05) is 0 Å². The van der Waals surface area contributed by atoms with E-state index in [1.165, 1.54) is 6.08 Å². The number of aryl methyl sites for hydroxylation is 2. The number of carbonyl (C=O) groups excluding carboxylic acids is 1. The van der Waals surface area contributed by atoms with E-state index in [-0.39, 0.29) is 5.91 Å². The molecule has 1 N–H and O–H groups in total. The summed E-state index contributed by atoms with van der Waals surface area (Å²) in [5.74, 6) is -0.123. The first-order chi connectivity index (χ1) is 10.0. The van der Waals surface area contributed by atoms with E-state index in [1.807, 2.05) is 32.5 Å². The predicted octanol–water partition coefficient (Wildman–Crippen LogP) is 1.58. The average molecular weight is 287 g/mol. The van der Waals surface area contributed by atoms with Crippen LogP contribution in [0, 0.1) is 13.8 Å². The molecule has 0 aliphatic heterocycles. The summed E-state index contributed by atoms with van der Waals surface area (Å²) < 4.78 is 3.69. The first-order valence-corrected chi connectivity index (χ1v) is 6.98. The van der Waals surface area contributed by atoms with Crippen LogP contribution in [-0.4, -0.2) is 25.5 Å². The third-order valence-corrected chi connectivity index (χ3v) is 3.64. The average Bonchev–Trinajstić information content (AvgIpc) is 2.99. The summed E-state index contributed by atoms with van der Waals surface area (Å²) in [5, 5.41) is 11.2. The van der Waals surface area contributed by atoms with Crippen LogP contribution < -0.4 is 5.32 Å². The van der Waals surface area contributed by atoms with Crippen LogP contribution in [0.25, 0.3) is 6.08 Å². The molecule has 0 unspecified atom stereocenters. The summed E-state index contributed by atoms with van der Waals surface area (Å²) >= 11 is 0. The lowest BCUT2D eigenvalue weighted by atomic mass is 10.2. The minimum atomic E-state index is -0.123. The fourth-order valence-corrected chi connectivity index (χ4v) is 2.07. The molecule has 112 valence electrons. The highest BCUT2D eigenvalue weighted by molar-refractivity contribution is 5.91. The number of nitrogens with zero attached hydrogens (tertiary/aromatic N) is 4. The molecule has 0 saturated heterocycles. The maximum Gasteiger partial charge on any atom is 0.244 e. The minimum Gasteiger partial charge on any atom is -0.348 e. The van der Waals surface area contributed by atoms with Gasteiger partial charge >= 0.3 is 0 Å². The van der Waals surface area contributed by atoms with Crippen LogP contribution in [0.4, 0.5) is 0 Å². The van der Waals surface area contributed by atoms with Crippen LogP contribution in [-0.2, 0) is 24.9 Å². The van der Waals surface area contributed by atoms with Crippen LogP contribution in [0.3, 0.4) is 0 Å². The van der Waals surface area contributed by atoms with Crippen LogP contribution in [0.2, 0.25) is 0 Å². The summed E-state index contributed by atoms with van der Waals surface area (Å²) in [6.45, 7) is 7.32. The lowest BCUT2D eigenvalue weighted by Gasteiger charge is -2.02. The Labute approximate surface area is 124 Å². The standard InChI is InChI=1S/C15H21N5O/c1-5-20-12(3)13(9-18-20)6-7-15(21)16-8-14-10-17-19(4)11(14)2/h6-7,9-10H,5,8H2,1-4H3,(H,16,21)/b7-6-. The zero-order valence-electron chi connectivity index (χ0n) is 12.9. The molecule has 21 heavy (non-hydrogen) atoms. The van der Waals surface area contributed by atoms with Crippen molar-refractivity contribution in [2.24, 2.45) is 7.05 Å². The van der Waals surface area contributed by atoms with Gasteiger partial charge in [0, 0.05) is 48.7 Å². The molecule has 0 atom stereocenters. The van der Waals surface area contributed by atoms with Crippen molar-refractivity contribution >= 4 is 12.0 Å². The molecule has 0 spiro atoms. The Balaban J connectivity index is 1.93. The van der Waals surface area contributed by atoms with Gasteiger partial charge in [0.05, 0.1) is 12.4 Å². The topological polar surface area (TPSA) is 64.7 Å². The highest BCUT2D eigenvalue weighted by Crippen LogP contribution is 2.09. The minimum absolute atomic E-state index is 0.123. The van der Waals surface area contributed by atoms with Crippen LogP contribution in [0.1, 0.15) is 29.4 Å². The molecular weight excluding hydrogens is 266 g/mol. The van der Waals surface area contributed by atoms with Crippen LogP contribution >= 0.6 is 0 Å². The second kappa shape index (κ2) is 6.39. The van der Waals surface area contributed by atoms with E-state index in [1.54, 1.807) is 23.2 Å². The molecule has 0 aromatic carbocycles. The maximum absolute atomic E-state index is 11.8. The number of nitrogens with one attached hydrogen (secondary N) is 1. The van der Waals surface area contributed by atoms with Crippen molar-refractivity contribution in [3.8, 4) is 0 Å². The fourth-order valence-electron chi connectivity index (χ4n) is 2.07. The molecule has 0 aliphatic carbocycles. The first kappa shape index (κ1) is 15.0. The van der Waals surface area contributed by atoms with E-state index in [9.17, 15) is 4.79 Å². The molecule has 0 bridgehead atoms. The van der Waals surface area contributed by atoms with Crippen molar-refractivity contribution in [1.82, 2.24) is 24.9 Å². The van der Waals surface area contributed by atoms with Gasteiger partial charge in [0.2, 0.25) is 5.91 Å². The van der Waals surface area contributed by atoms with Crippen molar-refractivity contribution in [2.45, 2.75) is 33.9 Å². The summed E-state index contributed by atoms with van der Waals surface area (Å²) in [6, 6.07) is 0. The number of rotatable bonds is 5. The number of amides is 1. The number of hydrogen-bond donors (Lipinski definition) is 1. The van der Waals surface area contributed by atoms with Gasteiger partial charge in [-0.3, -0.25) is 14.2 Å². The van der Waals surface area contributed by atoms with Gasteiger partial charge in [-0.05, 0) is 26.8 Å². The lowest BCUT2D eigenvalue weighted by molar-refractivity contribution is -0.116. The number of aromatic nitrogens is 4. The zero-order chi connectivity index (χ0) is 15.4. The van der Waals surface area contributed by atoms with Crippen molar-refractivity contribution < 1.29 is 4.79 Å². The Morgan fingerprint density at radius 1 is 1.29 bits per heavy atom. The van der Waals surface area contributed by atoms with Gasteiger partial charge in [-0.25, -0.2) is 0 Å². The third kappa shape index (κ3) is 3.39. The Kier molecular flexibility index (Phi) is 4.57. The van der Waals surface area contributed by atoms with Crippen molar-refractivity contribution in [3.63, 3.8) is 0 Å². The van der Waals surface area contributed by atoms with Gasteiger partial charge in [0.15, 0.2) is 0 Å². The van der Waals surface area contributed by atoms with Crippen LogP contribution in [0.15, 0.2) is 18.5 Å². The zero-order valence-corrected chi connectivity index (χ0v) is 12.9. The van der Waals surface area contributed by atoms with E-state index in [0.717, 1.165) is 29.1 Å². The molecular formula is C15H21N5O. The van der Waals surface area contributed by atoms with E-state index in [2.05, 4.69) is 15.5 Å². The molecule has 6 heteroatoms. The SMILES string of the molecule is CCn1ncc(/C=C\C(=O)NCc2cnn(C)c2C)c1C. The van der Waals surface area contributed by atoms with Crippen molar-refractivity contribution in [1.29, 1.82) is 0 Å². The third-order valence-electron chi connectivity index (χ3n) is 3.64.